The van der Waals surface area contributed by atoms with Gasteiger partial charge in [-0.1, -0.05) is 26.0 Å². The van der Waals surface area contributed by atoms with Crippen LogP contribution in [0.3, 0.4) is 0 Å². The lowest BCUT2D eigenvalue weighted by atomic mass is 10.2. The number of rotatable bonds is 8. The van der Waals surface area contributed by atoms with E-state index in [0.29, 0.717) is 19.6 Å². The Bertz CT molecular complexity index is 512. The number of sulfone groups is 1. The van der Waals surface area contributed by atoms with E-state index in [1.165, 1.54) is 0 Å². The van der Waals surface area contributed by atoms with E-state index in [1.54, 1.807) is 6.92 Å². The van der Waals surface area contributed by atoms with E-state index in [4.69, 9.17) is 10.5 Å². The Labute approximate surface area is 122 Å². The van der Waals surface area contributed by atoms with Gasteiger partial charge < -0.3 is 10.5 Å². The van der Waals surface area contributed by atoms with Crippen LogP contribution in [0.2, 0.25) is 0 Å². The summed E-state index contributed by atoms with van der Waals surface area (Å²) in [5.74, 6) is 1.05. The van der Waals surface area contributed by atoms with Gasteiger partial charge in [-0.3, -0.25) is 0 Å². The minimum atomic E-state index is -3.03. The number of benzene rings is 1. The zero-order valence-corrected chi connectivity index (χ0v) is 13.3. The molecule has 5 heteroatoms. The standard InChI is InChI=1S/C15H25NO3S/c1-12(2)13(3)20(17,18)9-5-8-19-15-7-4-6-14(10-15)11-16/h4,6-7,10,12-13H,5,8-9,11,16H2,1-3H3. The molecule has 1 aromatic carbocycles. The minimum absolute atomic E-state index is 0.141. The Kier molecular flexibility index (Phi) is 6.49. The Balaban J connectivity index is 2.41. The van der Waals surface area contributed by atoms with Crippen molar-refractivity contribution in [1.29, 1.82) is 0 Å². The lowest BCUT2D eigenvalue weighted by Gasteiger charge is -2.16. The molecule has 114 valence electrons. The van der Waals surface area contributed by atoms with E-state index in [9.17, 15) is 8.42 Å². The highest BCUT2D eigenvalue weighted by Crippen LogP contribution is 2.15. The molecule has 1 atom stereocenters. The van der Waals surface area contributed by atoms with Crippen LogP contribution in [0.4, 0.5) is 0 Å². The van der Waals surface area contributed by atoms with Crippen LogP contribution in [-0.2, 0) is 16.4 Å². The maximum absolute atomic E-state index is 12.0. The summed E-state index contributed by atoms with van der Waals surface area (Å²) >= 11 is 0. The first-order chi connectivity index (χ1) is 9.36. The van der Waals surface area contributed by atoms with Gasteiger partial charge in [-0.25, -0.2) is 8.42 Å². The first-order valence-electron chi connectivity index (χ1n) is 7.00. The largest absolute Gasteiger partial charge is 0.494 e. The predicted molar refractivity (Wildman–Crippen MR) is 82.5 cm³/mol. The van der Waals surface area contributed by atoms with E-state index in [0.717, 1.165) is 11.3 Å². The third-order valence-corrected chi connectivity index (χ3v) is 6.02. The Hall–Kier alpha value is -1.07. The van der Waals surface area contributed by atoms with Crippen LogP contribution in [0.5, 0.6) is 5.75 Å². The lowest BCUT2D eigenvalue weighted by Crippen LogP contribution is -2.26. The summed E-state index contributed by atoms with van der Waals surface area (Å²) in [5.41, 5.74) is 6.56. The van der Waals surface area contributed by atoms with Crippen LogP contribution in [-0.4, -0.2) is 26.0 Å². The monoisotopic (exact) mass is 299 g/mol. The zero-order valence-electron chi connectivity index (χ0n) is 12.5. The average Bonchev–Trinajstić information content (AvgIpc) is 2.43. The highest BCUT2D eigenvalue weighted by molar-refractivity contribution is 7.92. The molecular weight excluding hydrogens is 274 g/mol. The highest BCUT2D eigenvalue weighted by atomic mass is 32.2. The third-order valence-electron chi connectivity index (χ3n) is 3.48. The number of ether oxygens (including phenoxy) is 1. The van der Waals surface area contributed by atoms with E-state index in [2.05, 4.69) is 0 Å². The first-order valence-corrected chi connectivity index (χ1v) is 8.71. The van der Waals surface area contributed by atoms with Gasteiger partial charge in [0.25, 0.3) is 0 Å². The fourth-order valence-electron chi connectivity index (χ4n) is 1.81. The molecule has 0 aliphatic carbocycles. The summed E-state index contributed by atoms with van der Waals surface area (Å²) in [6, 6.07) is 7.55. The van der Waals surface area contributed by atoms with Gasteiger partial charge in [0.1, 0.15) is 5.75 Å². The van der Waals surface area contributed by atoms with E-state index in [1.807, 2.05) is 38.1 Å². The fraction of sp³-hybridized carbons (Fsp3) is 0.600. The lowest BCUT2D eigenvalue weighted by molar-refractivity contribution is 0.317. The van der Waals surface area contributed by atoms with Crippen molar-refractivity contribution in [2.45, 2.75) is 39.0 Å². The quantitative estimate of drug-likeness (QED) is 0.748. The number of hydrogen-bond donors (Lipinski definition) is 1. The Morgan fingerprint density at radius 1 is 1.25 bits per heavy atom. The second-order valence-corrected chi connectivity index (χ2v) is 7.85. The van der Waals surface area contributed by atoms with Crippen molar-refractivity contribution in [3.05, 3.63) is 29.8 Å². The molecule has 2 N–H and O–H groups in total. The molecule has 0 spiro atoms. The van der Waals surface area contributed by atoms with E-state index in [-0.39, 0.29) is 16.9 Å². The van der Waals surface area contributed by atoms with Crippen LogP contribution in [0, 0.1) is 5.92 Å². The van der Waals surface area contributed by atoms with Crippen LogP contribution >= 0.6 is 0 Å². The molecule has 0 aliphatic rings. The molecule has 4 nitrogen and oxygen atoms in total. The van der Waals surface area contributed by atoms with Gasteiger partial charge in [-0.2, -0.15) is 0 Å². The molecular formula is C15H25NO3S. The molecule has 0 saturated carbocycles. The van der Waals surface area contributed by atoms with Gasteiger partial charge in [0.2, 0.25) is 0 Å². The van der Waals surface area contributed by atoms with Gasteiger partial charge >= 0.3 is 0 Å². The van der Waals surface area contributed by atoms with Crippen molar-refractivity contribution < 1.29 is 13.2 Å². The first kappa shape index (κ1) is 17.0. The smallest absolute Gasteiger partial charge is 0.153 e. The number of hydrogen-bond acceptors (Lipinski definition) is 4. The van der Waals surface area contributed by atoms with Crippen molar-refractivity contribution in [2.24, 2.45) is 11.7 Å². The second-order valence-electron chi connectivity index (χ2n) is 5.37. The summed E-state index contributed by atoms with van der Waals surface area (Å²) < 4.78 is 29.6. The molecule has 0 saturated heterocycles. The molecule has 20 heavy (non-hydrogen) atoms. The average molecular weight is 299 g/mol. The van der Waals surface area contributed by atoms with Crippen molar-refractivity contribution in [3.8, 4) is 5.75 Å². The molecule has 1 aromatic rings. The van der Waals surface area contributed by atoms with Crippen LogP contribution in [0.25, 0.3) is 0 Å². The van der Waals surface area contributed by atoms with Crippen molar-refractivity contribution >= 4 is 9.84 Å². The Morgan fingerprint density at radius 2 is 1.95 bits per heavy atom. The minimum Gasteiger partial charge on any atom is -0.494 e. The number of nitrogens with two attached hydrogens (primary N) is 1. The maximum atomic E-state index is 12.0. The van der Waals surface area contributed by atoms with Gasteiger partial charge in [0.15, 0.2) is 9.84 Å². The van der Waals surface area contributed by atoms with Crippen molar-refractivity contribution in [3.63, 3.8) is 0 Å². The van der Waals surface area contributed by atoms with Crippen molar-refractivity contribution in [2.75, 3.05) is 12.4 Å². The molecule has 0 radical (unpaired) electrons. The van der Waals surface area contributed by atoms with E-state index < -0.39 is 9.84 Å². The third kappa shape index (κ3) is 5.13. The predicted octanol–water partition coefficient (Wildman–Crippen LogP) is 2.37. The van der Waals surface area contributed by atoms with Gasteiger partial charge in [-0.05, 0) is 37.0 Å². The summed E-state index contributed by atoms with van der Waals surface area (Å²) in [6.45, 7) is 6.50. The summed E-state index contributed by atoms with van der Waals surface area (Å²) in [7, 11) is -3.03. The summed E-state index contributed by atoms with van der Waals surface area (Å²) in [6.07, 6.45) is 0.506. The molecule has 1 unspecified atom stereocenters. The topological polar surface area (TPSA) is 69.4 Å². The molecule has 0 fully saturated rings. The Morgan fingerprint density at radius 3 is 2.55 bits per heavy atom. The van der Waals surface area contributed by atoms with Crippen molar-refractivity contribution in [1.82, 2.24) is 0 Å². The molecule has 1 rings (SSSR count). The van der Waals surface area contributed by atoms with Crippen LogP contribution in [0.15, 0.2) is 24.3 Å². The SMILES string of the molecule is CC(C)C(C)S(=O)(=O)CCCOc1cccc(CN)c1. The van der Waals surface area contributed by atoms with Crippen LogP contribution < -0.4 is 10.5 Å². The van der Waals surface area contributed by atoms with E-state index >= 15 is 0 Å². The normalized spacial score (nSPS) is 13.4. The molecule has 0 bridgehead atoms. The second kappa shape index (κ2) is 7.64. The molecule has 0 aliphatic heterocycles. The van der Waals surface area contributed by atoms with Gasteiger partial charge in [0.05, 0.1) is 17.6 Å². The molecule has 0 heterocycles. The summed E-state index contributed by atoms with van der Waals surface area (Å²) in [4.78, 5) is 0. The molecule has 0 amide bonds. The fourth-order valence-corrected chi connectivity index (χ4v) is 3.53. The maximum Gasteiger partial charge on any atom is 0.153 e. The summed E-state index contributed by atoms with van der Waals surface area (Å²) in [5, 5.41) is -0.303. The van der Waals surface area contributed by atoms with Crippen LogP contribution in [0.1, 0.15) is 32.8 Å². The van der Waals surface area contributed by atoms with Gasteiger partial charge in [0, 0.05) is 6.54 Å². The van der Waals surface area contributed by atoms with Gasteiger partial charge in [-0.15, -0.1) is 0 Å². The molecule has 0 aromatic heterocycles. The highest BCUT2D eigenvalue weighted by Gasteiger charge is 2.23. The zero-order chi connectivity index (χ0) is 15.2.